The summed E-state index contributed by atoms with van der Waals surface area (Å²) in [7, 11) is 2.10. The molecule has 0 amide bonds. The average Bonchev–Trinajstić information content (AvgIpc) is 3.01. The SMILES string of the molecule is CNC(Cc1nc2ccccc2s1)C1CCCC1C. The lowest BCUT2D eigenvalue weighted by molar-refractivity contribution is 0.308. The summed E-state index contributed by atoms with van der Waals surface area (Å²) in [4.78, 5) is 4.78. The second kappa shape index (κ2) is 5.59. The molecule has 1 aromatic heterocycles. The number of aromatic nitrogens is 1. The van der Waals surface area contributed by atoms with Crippen LogP contribution in [-0.2, 0) is 6.42 Å². The number of nitrogens with one attached hydrogen (secondary N) is 1. The van der Waals surface area contributed by atoms with Crippen LogP contribution in [0, 0.1) is 11.8 Å². The van der Waals surface area contributed by atoms with Crippen molar-refractivity contribution in [3.8, 4) is 0 Å². The number of benzene rings is 1. The fourth-order valence-electron chi connectivity index (χ4n) is 3.43. The Morgan fingerprint density at radius 3 is 2.89 bits per heavy atom. The van der Waals surface area contributed by atoms with E-state index in [1.54, 1.807) is 0 Å². The summed E-state index contributed by atoms with van der Waals surface area (Å²) < 4.78 is 1.31. The topological polar surface area (TPSA) is 24.9 Å². The third-order valence-corrected chi connectivity index (χ3v) is 5.61. The van der Waals surface area contributed by atoms with Crippen LogP contribution in [0.25, 0.3) is 10.2 Å². The van der Waals surface area contributed by atoms with Gasteiger partial charge in [-0.2, -0.15) is 0 Å². The number of para-hydroxylation sites is 1. The van der Waals surface area contributed by atoms with Gasteiger partial charge in [0, 0.05) is 12.5 Å². The van der Waals surface area contributed by atoms with Gasteiger partial charge in [-0.3, -0.25) is 0 Å². The lowest BCUT2D eigenvalue weighted by Crippen LogP contribution is -2.36. The van der Waals surface area contributed by atoms with Crippen molar-refractivity contribution in [1.82, 2.24) is 10.3 Å². The molecule has 3 unspecified atom stereocenters. The maximum atomic E-state index is 4.78. The van der Waals surface area contributed by atoms with Gasteiger partial charge >= 0.3 is 0 Å². The molecule has 2 aromatic rings. The van der Waals surface area contributed by atoms with E-state index in [0.29, 0.717) is 6.04 Å². The zero-order valence-electron chi connectivity index (χ0n) is 11.7. The molecule has 1 aliphatic rings. The predicted octanol–water partition coefficient (Wildman–Crippen LogP) is 3.86. The van der Waals surface area contributed by atoms with E-state index in [4.69, 9.17) is 4.98 Å². The van der Waals surface area contributed by atoms with E-state index >= 15 is 0 Å². The molecule has 0 spiro atoms. The van der Waals surface area contributed by atoms with Gasteiger partial charge in [0.1, 0.15) is 0 Å². The van der Waals surface area contributed by atoms with Crippen LogP contribution < -0.4 is 5.32 Å². The van der Waals surface area contributed by atoms with Crippen molar-refractivity contribution >= 4 is 21.6 Å². The van der Waals surface area contributed by atoms with E-state index in [2.05, 4.69) is 43.6 Å². The first-order chi connectivity index (χ1) is 9.28. The first-order valence-electron chi connectivity index (χ1n) is 7.29. The molecule has 0 saturated heterocycles. The van der Waals surface area contributed by atoms with Crippen LogP contribution in [0.4, 0.5) is 0 Å². The highest BCUT2D eigenvalue weighted by Gasteiger charge is 2.30. The second-order valence-corrected chi connectivity index (χ2v) is 6.86. The number of fused-ring (bicyclic) bond motifs is 1. The normalized spacial score (nSPS) is 24.9. The molecule has 0 bridgehead atoms. The molecule has 3 heteroatoms. The van der Waals surface area contributed by atoms with Crippen LogP contribution in [0.1, 0.15) is 31.2 Å². The van der Waals surface area contributed by atoms with E-state index in [1.165, 1.54) is 29.0 Å². The maximum absolute atomic E-state index is 4.78. The molecule has 1 aliphatic carbocycles. The fourth-order valence-corrected chi connectivity index (χ4v) is 4.46. The lowest BCUT2D eigenvalue weighted by Gasteiger charge is -2.25. The molecular formula is C16H22N2S. The van der Waals surface area contributed by atoms with Crippen molar-refractivity contribution in [3.05, 3.63) is 29.3 Å². The number of hydrogen-bond acceptors (Lipinski definition) is 3. The maximum Gasteiger partial charge on any atom is 0.0954 e. The van der Waals surface area contributed by atoms with Gasteiger partial charge in [0.15, 0.2) is 0 Å². The standard InChI is InChI=1S/C16H22N2S/c1-11-6-5-7-12(11)14(17-2)10-16-18-13-8-3-4-9-15(13)19-16/h3-4,8-9,11-12,14,17H,5-7,10H2,1-2H3. The van der Waals surface area contributed by atoms with E-state index in [0.717, 1.165) is 23.8 Å². The molecule has 0 aliphatic heterocycles. The van der Waals surface area contributed by atoms with Gasteiger partial charge in [-0.25, -0.2) is 4.98 Å². The number of rotatable bonds is 4. The van der Waals surface area contributed by atoms with E-state index in [-0.39, 0.29) is 0 Å². The zero-order valence-corrected chi connectivity index (χ0v) is 12.5. The molecule has 2 nitrogen and oxygen atoms in total. The van der Waals surface area contributed by atoms with Crippen molar-refractivity contribution < 1.29 is 0 Å². The minimum absolute atomic E-state index is 0.582. The smallest absolute Gasteiger partial charge is 0.0954 e. The molecule has 102 valence electrons. The van der Waals surface area contributed by atoms with Crippen LogP contribution in [0.5, 0.6) is 0 Å². The molecule has 1 heterocycles. The third kappa shape index (κ3) is 2.67. The highest BCUT2D eigenvalue weighted by Crippen LogP contribution is 2.35. The van der Waals surface area contributed by atoms with Gasteiger partial charge in [0.05, 0.1) is 15.2 Å². The molecule has 19 heavy (non-hydrogen) atoms. The number of likely N-dealkylation sites (N-methyl/N-ethyl adjacent to an activating group) is 1. The van der Waals surface area contributed by atoms with Gasteiger partial charge < -0.3 is 5.32 Å². The quantitative estimate of drug-likeness (QED) is 0.915. The largest absolute Gasteiger partial charge is 0.316 e. The van der Waals surface area contributed by atoms with Gasteiger partial charge in [-0.15, -0.1) is 11.3 Å². The fraction of sp³-hybridized carbons (Fsp3) is 0.562. The average molecular weight is 274 g/mol. The Balaban J connectivity index is 1.78. The van der Waals surface area contributed by atoms with Crippen molar-refractivity contribution in [2.24, 2.45) is 11.8 Å². The third-order valence-electron chi connectivity index (χ3n) is 4.55. The molecule has 3 rings (SSSR count). The first kappa shape index (κ1) is 13.1. The summed E-state index contributed by atoms with van der Waals surface area (Å²) in [5, 5.41) is 4.81. The monoisotopic (exact) mass is 274 g/mol. The van der Waals surface area contributed by atoms with Crippen LogP contribution in [-0.4, -0.2) is 18.1 Å². The Bertz CT molecular complexity index is 515. The summed E-state index contributed by atoms with van der Waals surface area (Å²) >= 11 is 1.85. The minimum Gasteiger partial charge on any atom is -0.316 e. The zero-order chi connectivity index (χ0) is 13.2. The van der Waals surface area contributed by atoms with E-state index in [9.17, 15) is 0 Å². The van der Waals surface area contributed by atoms with Gasteiger partial charge in [0.2, 0.25) is 0 Å². The summed E-state index contributed by atoms with van der Waals surface area (Å²) in [6, 6.07) is 9.03. The molecular weight excluding hydrogens is 252 g/mol. The summed E-state index contributed by atoms with van der Waals surface area (Å²) in [6.07, 6.45) is 5.23. The first-order valence-corrected chi connectivity index (χ1v) is 8.11. The minimum atomic E-state index is 0.582. The van der Waals surface area contributed by atoms with Gasteiger partial charge in [-0.05, 0) is 37.4 Å². The number of thiazole rings is 1. The highest BCUT2D eigenvalue weighted by molar-refractivity contribution is 7.18. The summed E-state index contributed by atoms with van der Waals surface area (Å²) in [5.41, 5.74) is 1.15. The van der Waals surface area contributed by atoms with Crippen molar-refractivity contribution in [2.75, 3.05) is 7.05 Å². The van der Waals surface area contributed by atoms with E-state index in [1.807, 2.05) is 11.3 Å². The molecule has 1 N–H and O–H groups in total. The Labute approximate surface area is 119 Å². The summed E-state index contributed by atoms with van der Waals surface area (Å²) in [6.45, 7) is 2.40. The Morgan fingerprint density at radius 1 is 1.37 bits per heavy atom. The number of nitrogens with zero attached hydrogens (tertiary/aromatic N) is 1. The van der Waals surface area contributed by atoms with Crippen molar-refractivity contribution in [2.45, 2.75) is 38.6 Å². The Morgan fingerprint density at radius 2 is 2.21 bits per heavy atom. The predicted molar refractivity (Wildman–Crippen MR) is 82.7 cm³/mol. The molecule has 3 atom stereocenters. The Kier molecular flexibility index (Phi) is 3.85. The van der Waals surface area contributed by atoms with Gasteiger partial charge in [-0.1, -0.05) is 31.9 Å². The van der Waals surface area contributed by atoms with Gasteiger partial charge in [0.25, 0.3) is 0 Å². The summed E-state index contributed by atoms with van der Waals surface area (Å²) in [5.74, 6) is 1.67. The molecule has 1 saturated carbocycles. The second-order valence-electron chi connectivity index (χ2n) is 5.75. The number of hydrogen-bond donors (Lipinski definition) is 1. The van der Waals surface area contributed by atoms with Crippen molar-refractivity contribution in [3.63, 3.8) is 0 Å². The lowest BCUT2D eigenvalue weighted by atomic mass is 9.88. The van der Waals surface area contributed by atoms with Crippen LogP contribution >= 0.6 is 11.3 Å². The van der Waals surface area contributed by atoms with Crippen LogP contribution in [0.2, 0.25) is 0 Å². The van der Waals surface area contributed by atoms with E-state index < -0.39 is 0 Å². The van der Waals surface area contributed by atoms with Crippen LogP contribution in [0.15, 0.2) is 24.3 Å². The molecule has 1 fully saturated rings. The molecule has 1 aromatic carbocycles. The van der Waals surface area contributed by atoms with Crippen LogP contribution in [0.3, 0.4) is 0 Å². The van der Waals surface area contributed by atoms with Crippen molar-refractivity contribution in [1.29, 1.82) is 0 Å². The Hall–Kier alpha value is -0.930. The molecule has 0 radical (unpaired) electrons. The highest BCUT2D eigenvalue weighted by atomic mass is 32.1.